The summed E-state index contributed by atoms with van der Waals surface area (Å²) in [4.78, 5) is 12.2. The maximum Gasteiger partial charge on any atom is 0.403 e. The van der Waals surface area contributed by atoms with Gasteiger partial charge >= 0.3 is 6.18 Å². The Morgan fingerprint density at radius 3 is 2.54 bits per heavy atom. The minimum absolute atomic E-state index is 0.394. The molecule has 1 unspecified atom stereocenters. The largest absolute Gasteiger partial charge is 0.403 e. The quantitative estimate of drug-likeness (QED) is 0.460. The summed E-state index contributed by atoms with van der Waals surface area (Å²) in [5.74, 6) is 0.773. The fourth-order valence-corrected chi connectivity index (χ4v) is 3.80. The van der Waals surface area contributed by atoms with E-state index in [4.69, 9.17) is 0 Å². The van der Waals surface area contributed by atoms with Crippen LogP contribution in [0.5, 0.6) is 0 Å². The molecular formula is C17H28F3N5S. The van der Waals surface area contributed by atoms with Gasteiger partial charge in [-0.15, -0.1) is 11.3 Å². The van der Waals surface area contributed by atoms with E-state index in [-0.39, 0.29) is 0 Å². The van der Waals surface area contributed by atoms with E-state index in [9.17, 15) is 13.2 Å². The summed E-state index contributed by atoms with van der Waals surface area (Å²) in [5.41, 5.74) is 1.07. The minimum atomic E-state index is -4.17. The van der Waals surface area contributed by atoms with Crippen molar-refractivity contribution in [3.8, 4) is 0 Å². The van der Waals surface area contributed by atoms with Crippen molar-refractivity contribution in [1.82, 2.24) is 20.1 Å². The molecule has 1 aliphatic rings. The number of unbranched alkanes of at least 4 members (excludes halogenated alkanes) is 1. The van der Waals surface area contributed by atoms with Gasteiger partial charge in [-0.25, -0.2) is 4.98 Å². The Bertz CT molecular complexity index is 579. The molecule has 1 aromatic rings. The van der Waals surface area contributed by atoms with Gasteiger partial charge in [-0.1, -0.05) is 0 Å². The van der Waals surface area contributed by atoms with E-state index in [0.717, 1.165) is 37.5 Å². The number of aliphatic imine (C=N–C) groups is 1. The van der Waals surface area contributed by atoms with Gasteiger partial charge in [0.1, 0.15) is 6.04 Å². The summed E-state index contributed by atoms with van der Waals surface area (Å²) in [6.07, 6.45) is -1.14. The zero-order valence-electron chi connectivity index (χ0n) is 15.6. The normalized spacial score (nSPS) is 18.2. The molecule has 0 bridgehead atoms. The van der Waals surface area contributed by atoms with E-state index in [2.05, 4.69) is 20.7 Å². The molecule has 1 atom stereocenters. The van der Waals surface area contributed by atoms with E-state index in [1.165, 1.54) is 16.8 Å². The maximum absolute atomic E-state index is 12.8. The van der Waals surface area contributed by atoms with Gasteiger partial charge in [-0.3, -0.25) is 9.89 Å². The first kappa shape index (κ1) is 21.0. The molecule has 2 heterocycles. The average molecular weight is 392 g/mol. The number of rotatable bonds is 6. The van der Waals surface area contributed by atoms with Crippen LogP contribution >= 0.6 is 11.3 Å². The summed E-state index contributed by atoms with van der Waals surface area (Å²) in [5, 5.41) is 6.56. The minimum Gasteiger partial charge on any atom is -0.356 e. The van der Waals surface area contributed by atoms with Crippen LogP contribution in [0.4, 0.5) is 13.2 Å². The van der Waals surface area contributed by atoms with Gasteiger partial charge in [-0.2, -0.15) is 13.2 Å². The summed E-state index contributed by atoms with van der Waals surface area (Å²) in [6, 6.07) is -1.39. The van der Waals surface area contributed by atoms with Crippen LogP contribution in [0.15, 0.2) is 10.4 Å². The van der Waals surface area contributed by atoms with Crippen LogP contribution in [0, 0.1) is 6.92 Å². The molecular weight excluding hydrogens is 363 g/mol. The zero-order valence-corrected chi connectivity index (χ0v) is 16.5. The lowest BCUT2D eigenvalue weighted by molar-refractivity contribution is -0.181. The standard InChI is InChI=1S/C17H28F3N5S/c1-13-12-26-15(23-13)6-4-5-7-22-16(21-3)25-10-8-24(9-11-25)14(2)17(18,19)20/h12,14H,4-11H2,1-3H3,(H,21,22). The number of nitrogens with zero attached hydrogens (tertiary/aromatic N) is 4. The van der Waals surface area contributed by atoms with Gasteiger partial charge < -0.3 is 10.2 Å². The van der Waals surface area contributed by atoms with Gasteiger partial charge in [0.15, 0.2) is 5.96 Å². The molecule has 1 aromatic heterocycles. The Hall–Kier alpha value is -1.35. The molecule has 1 fully saturated rings. The van der Waals surface area contributed by atoms with E-state index in [1.54, 1.807) is 18.4 Å². The summed E-state index contributed by atoms with van der Waals surface area (Å²) in [6.45, 7) is 5.93. The fraction of sp³-hybridized carbons (Fsp3) is 0.765. The number of hydrogen-bond acceptors (Lipinski definition) is 4. The van der Waals surface area contributed by atoms with Crippen LogP contribution in [0.25, 0.3) is 0 Å². The van der Waals surface area contributed by atoms with Crippen molar-refractivity contribution in [2.45, 2.75) is 45.3 Å². The molecule has 0 radical (unpaired) electrons. The lowest BCUT2D eigenvalue weighted by Gasteiger charge is -2.39. The van der Waals surface area contributed by atoms with Gasteiger partial charge in [-0.05, 0) is 33.1 Å². The number of guanidine groups is 1. The second-order valence-corrected chi connectivity index (χ2v) is 7.50. The van der Waals surface area contributed by atoms with Crippen molar-refractivity contribution in [3.63, 3.8) is 0 Å². The second kappa shape index (κ2) is 9.55. The predicted molar refractivity (Wildman–Crippen MR) is 99.8 cm³/mol. The first-order valence-corrected chi connectivity index (χ1v) is 9.86. The molecule has 0 amide bonds. The summed E-state index contributed by atoms with van der Waals surface area (Å²) >= 11 is 1.70. The van der Waals surface area contributed by atoms with Crippen LogP contribution in [-0.2, 0) is 6.42 Å². The highest BCUT2D eigenvalue weighted by molar-refractivity contribution is 7.09. The molecule has 0 saturated carbocycles. The van der Waals surface area contributed by atoms with Crippen molar-refractivity contribution in [2.24, 2.45) is 4.99 Å². The molecule has 148 valence electrons. The maximum atomic E-state index is 12.8. The van der Waals surface area contributed by atoms with Crippen LogP contribution in [0.1, 0.15) is 30.5 Å². The molecule has 1 saturated heterocycles. The van der Waals surface area contributed by atoms with Crippen molar-refractivity contribution in [3.05, 3.63) is 16.1 Å². The van der Waals surface area contributed by atoms with Gasteiger partial charge in [0.05, 0.1) is 5.01 Å². The first-order chi connectivity index (χ1) is 12.3. The Morgan fingerprint density at radius 1 is 1.31 bits per heavy atom. The molecule has 26 heavy (non-hydrogen) atoms. The Morgan fingerprint density at radius 2 is 2.00 bits per heavy atom. The van der Waals surface area contributed by atoms with E-state index in [1.807, 2.05) is 11.8 Å². The van der Waals surface area contributed by atoms with Crippen molar-refractivity contribution < 1.29 is 13.2 Å². The third-order valence-corrected chi connectivity index (χ3v) is 5.64. The molecule has 1 N–H and O–H groups in total. The third-order valence-electron chi connectivity index (χ3n) is 4.61. The first-order valence-electron chi connectivity index (χ1n) is 8.98. The molecule has 2 rings (SSSR count). The SMILES string of the molecule is CN=C(NCCCCc1nc(C)cs1)N1CCN(C(C)C(F)(F)F)CC1. The average Bonchev–Trinajstić information content (AvgIpc) is 3.02. The number of halogens is 3. The Labute approximate surface area is 157 Å². The molecule has 9 heteroatoms. The molecule has 0 spiro atoms. The lowest BCUT2D eigenvalue weighted by atomic mass is 10.2. The highest BCUT2D eigenvalue weighted by atomic mass is 32.1. The van der Waals surface area contributed by atoms with E-state index >= 15 is 0 Å². The van der Waals surface area contributed by atoms with Crippen molar-refractivity contribution >= 4 is 17.3 Å². The van der Waals surface area contributed by atoms with Crippen LogP contribution in [-0.4, -0.2) is 72.7 Å². The van der Waals surface area contributed by atoms with E-state index in [0.29, 0.717) is 26.2 Å². The van der Waals surface area contributed by atoms with Crippen LogP contribution in [0.3, 0.4) is 0 Å². The molecule has 0 aliphatic carbocycles. The van der Waals surface area contributed by atoms with Crippen molar-refractivity contribution in [1.29, 1.82) is 0 Å². The fourth-order valence-electron chi connectivity index (χ4n) is 2.98. The van der Waals surface area contributed by atoms with Gasteiger partial charge in [0, 0.05) is 50.8 Å². The summed E-state index contributed by atoms with van der Waals surface area (Å²) < 4.78 is 38.5. The number of piperazine rings is 1. The number of hydrogen-bond donors (Lipinski definition) is 1. The number of aromatic nitrogens is 1. The van der Waals surface area contributed by atoms with E-state index < -0.39 is 12.2 Å². The van der Waals surface area contributed by atoms with Crippen LogP contribution in [0.2, 0.25) is 0 Å². The molecule has 5 nitrogen and oxygen atoms in total. The number of alkyl halides is 3. The predicted octanol–water partition coefficient (Wildman–Crippen LogP) is 2.92. The third kappa shape index (κ3) is 6.12. The Balaban J connectivity index is 1.68. The zero-order chi connectivity index (χ0) is 19.2. The smallest absolute Gasteiger partial charge is 0.356 e. The number of thiazole rings is 1. The van der Waals surface area contributed by atoms with Gasteiger partial charge in [0.25, 0.3) is 0 Å². The highest BCUT2D eigenvalue weighted by Crippen LogP contribution is 2.25. The monoisotopic (exact) mass is 391 g/mol. The molecule has 0 aromatic carbocycles. The second-order valence-electron chi connectivity index (χ2n) is 6.55. The van der Waals surface area contributed by atoms with Crippen LogP contribution < -0.4 is 5.32 Å². The van der Waals surface area contributed by atoms with Gasteiger partial charge in [0.2, 0.25) is 0 Å². The summed E-state index contributed by atoms with van der Waals surface area (Å²) in [7, 11) is 1.71. The topological polar surface area (TPSA) is 43.8 Å². The lowest BCUT2D eigenvalue weighted by Crippen LogP contribution is -2.56. The Kier molecular flexibility index (Phi) is 7.69. The highest BCUT2D eigenvalue weighted by Gasteiger charge is 2.41. The molecule has 1 aliphatic heterocycles. The number of aryl methyl sites for hydroxylation is 2. The van der Waals surface area contributed by atoms with Crippen molar-refractivity contribution in [2.75, 3.05) is 39.8 Å². The number of nitrogens with one attached hydrogen (secondary N) is 1.